The Labute approximate surface area is 180 Å². The van der Waals surface area contributed by atoms with E-state index in [-0.39, 0.29) is 42.9 Å². The van der Waals surface area contributed by atoms with Crippen LogP contribution in [0.25, 0.3) is 0 Å². The lowest BCUT2D eigenvalue weighted by atomic mass is 10.2. The maximum absolute atomic E-state index is 12.7. The van der Waals surface area contributed by atoms with Crippen molar-refractivity contribution in [3.63, 3.8) is 0 Å². The molecule has 0 radical (unpaired) electrons. The average molecular weight is 466 g/mol. The smallest absolute Gasteiger partial charge is 0.377 e. The van der Waals surface area contributed by atoms with E-state index in [1.54, 1.807) is 0 Å². The molecule has 0 aliphatic carbocycles. The van der Waals surface area contributed by atoms with Crippen LogP contribution in [-0.4, -0.2) is 26.2 Å². The van der Waals surface area contributed by atoms with E-state index < -0.39 is 11.9 Å². The summed E-state index contributed by atoms with van der Waals surface area (Å²) >= 11 is 23.8. The van der Waals surface area contributed by atoms with Crippen molar-refractivity contribution in [2.75, 3.05) is 14.2 Å². The highest BCUT2D eigenvalue weighted by Crippen LogP contribution is 2.35. The van der Waals surface area contributed by atoms with Crippen molar-refractivity contribution in [1.82, 2.24) is 0 Å². The highest BCUT2D eigenvalue weighted by molar-refractivity contribution is 6.43. The summed E-state index contributed by atoms with van der Waals surface area (Å²) in [5.41, 5.74) is -0.0828. The molecule has 0 unspecified atom stereocenters. The third-order valence-corrected chi connectivity index (χ3v) is 4.42. The van der Waals surface area contributed by atoms with Crippen LogP contribution in [0.15, 0.2) is 42.4 Å². The molecule has 0 aliphatic heterocycles. The van der Waals surface area contributed by atoms with Crippen molar-refractivity contribution in [2.45, 2.75) is 0 Å². The molecule has 2 aromatic rings. The summed E-state index contributed by atoms with van der Waals surface area (Å²) in [5, 5.41) is 0.648. The fraction of sp³-hybridized carbons (Fsp3) is 0.111. The van der Waals surface area contributed by atoms with E-state index >= 15 is 0 Å². The van der Waals surface area contributed by atoms with Gasteiger partial charge in [0.05, 0.1) is 29.3 Å². The van der Waals surface area contributed by atoms with Gasteiger partial charge in [0.2, 0.25) is 5.76 Å². The van der Waals surface area contributed by atoms with Crippen molar-refractivity contribution < 1.29 is 28.5 Å². The SMILES string of the molecule is COC=C(Oc1ccc(Cl)cc1C(=O)Oc1cc(Cl)c(Cl)cc1Cl)C(=O)OC. The first-order chi connectivity index (χ1) is 13.3. The number of hydrogen-bond acceptors (Lipinski definition) is 6. The molecule has 0 N–H and O–H groups in total. The molecule has 10 heteroatoms. The molecule has 0 saturated carbocycles. The van der Waals surface area contributed by atoms with E-state index in [9.17, 15) is 9.59 Å². The van der Waals surface area contributed by atoms with Crippen molar-refractivity contribution in [1.29, 1.82) is 0 Å². The number of methoxy groups -OCH3 is 2. The number of rotatable bonds is 6. The molecule has 0 heterocycles. The van der Waals surface area contributed by atoms with Gasteiger partial charge in [-0.1, -0.05) is 46.4 Å². The Bertz CT molecular complexity index is 942. The Hall–Kier alpha value is -2.12. The van der Waals surface area contributed by atoms with Crippen LogP contribution >= 0.6 is 46.4 Å². The number of esters is 2. The third kappa shape index (κ3) is 5.45. The minimum atomic E-state index is -0.862. The molecule has 28 heavy (non-hydrogen) atoms. The fourth-order valence-electron chi connectivity index (χ4n) is 1.93. The van der Waals surface area contributed by atoms with Crippen LogP contribution in [-0.2, 0) is 14.3 Å². The average Bonchev–Trinajstić information content (AvgIpc) is 2.66. The largest absolute Gasteiger partial charge is 0.500 e. The van der Waals surface area contributed by atoms with Crippen LogP contribution in [0.4, 0.5) is 0 Å². The van der Waals surface area contributed by atoms with Gasteiger partial charge < -0.3 is 18.9 Å². The lowest BCUT2D eigenvalue weighted by Crippen LogP contribution is -2.15. The highest BCUT2D eigenvalue weighted by Gasteiger charge is 2.22. The quantitative estimate of drug-likeness (QED) is 0.183. The molecule has 2 rings (SSSR count). The molecule has 0 bridgehead atoms. The lowest BCUT2D eigenvalue weighted by molar-refractivity contribution is -0.138. The minimum absolute atomic E-state index is 0.0207. The Morgan fingerprint density at radius 1 is 0.857 bits per heavy atom. The molecule has 0 spiro atoms. The van der Waals surface area contributed by atoms with Gasteiger partial charge in [0, 0.05) is 11.1 Å². The van der Waals surface area contributed by atoms with Gasteiger partial charge in [-0.2, -0.15) is 0 Å². The standard InChI is InChI=1S/C18H12Cl4O6/c1-25-8-16(18(24)26-2)27-14-4-3-9(19)5-10(14)17(23)28-15-7-12(21)11(20)6-13(15)22/h3-8H,1-2H3. The molecular weight excluding hydrogens is 454 g/mol. The number of hydrogen-bond donors (Lipinski definition) is 0. The van der Waals surface area contributed by atoms with Gasteiger partial charge in [-0.15, -0.1) is 0 Å². The molecule has 0 saturated heterocycles. The molecule has 6 nitrogen and oxygen atoms in total. The zero-order valence-electron chi connectivity index (χ0n) is 14.4. The summed E-state index contributed by atoms with van der Waals surface area (Å²) in [6.45, 7) is 0. The summed E-state index contributed by atoms with van der Waals surface area (Å²) in [5.74, 6) is -2.02. The first kappa shape index (κ1) is 22.2. The monoisotopic (exact) mass is 464 g/mol. The number of carbonyl (C=O) groups is 2. The molecule has 0 aromatic heterocycles. The summed E-state index contributed by atoms with van der Waals surface area (Å²) in [7, 11) is 2.48. The molecule has 0 amide bonds. The van der Waals surface area contributed by atoms with E-state index in [2.05, 4.69) is 4.74 Å². The van der Waals surface area contributed by atoms with E-state index in [1.165, 1.54) is 44.6 Å². The van der Waals surface area contributed by atoms with Crippen LogP contribution in [0.3, 0.4) is 0 Å². The Morgan fingerprint density at radius 3 is 2.18 bits per heavy atom. The highest BCUT2D eigenvalue weighted by atomic mass is 35.5. The zero-order valence-corrected chi connectivity index (χ0v) is 17.4. The maximum Gasteiger partial charge on any atom is 0.377 e. The molecule has 0 fully saturated rings. The van der Waals surface area contributed by atoms with Gasteiger partial charge in [-0.25, -0.2) is 9.59 Å². The predicted molar refractivity (Wildman–Crippen MR) is 106 cm³/mol. The van der Waals surface area contributed by atoms with Crippen molar-refractivity contribution in [3.8, 4) is 11.5 Å². The number of benzene rings is 2. The predicted octanol–water partition coefficient (Wildman–Crippen LogP) is 5.56. The van der Waals surface area contributed by atoms with Gasteiger partial charge in [0.15, 0.2) is 5.75 Å². The van der Waals surface area contributed by atoms with Crippen LogP contribution < -0.4 is 9.47 Å². The van der Waals surface area contributed by atoms with E-state index in [1.807, 2.05) is 0 Å². The molecule has 0 aliphatic rings. The molecule has 2 aromatic carbocycles. The minimum Gasteiger partial charge on any atom is -0.500 e. The second-order valence-electron chi connectivity index (χ2n) is 5.04. The summed E-state index contributed by atoms with van der Waals surface area (Å²) in [6.07, 6.45) is 1.02. The number of halogens is 4. The summed E-state index contributed by atoms with van der Waals surface area (Å²) in [4.78, 5) is 24.4. The zero-order chi connectivity index (χ0) is 20.8. The number of ether oxygens (including phenoxy) is 4. The van der Waals surface area contributed by atoms with E-state index in [4.69, 9.17) is 60.6 Å². The Kier molecular flexibility index (Phi) is 7.83. The first-order valence-corrected chi connectivity index (χ1v) is 8.93. The third-order valence-electron chi connectivity index (χ3n) is 3.17. The molecule has 148 valence electrons. The van der Waals surface area contributed by atoms with Gasteiger partial charge in [-0.05, 0) is 24.3 Å². The van der Waals surface area contributed by atoms with E-state index in [0.717, 1.165) is 6.26 Å². The molecule has 0 atom stereocenters. The second kappa shape index (κ2) is 9.89. The topological polar surface area (TPSA) is 71.1 Å². The van der Waals surface area contributed by atoms with Crippen LogP contribution in [0.2, 0.25) is 20.1 Å². The van der Waals surface area contributed by atoms with Crippen LogP contribution in [0.1, 0.15) is 10.4 Å². The second-order valence-corrected chi connectivity index (χ2v) is 6.70. The molecular formula is C18H12Cl4O6. The van der Waals surface area contributed by atoms with Gasteiger partial charge in [-0.3, -0.25) is 0 Å². The first-order valence-electron chi connectivity index (χ1n) is 7.42. The van der Waals surface area contributed by atoms with Crippen LogP contribution in [0.5, 0.6) is 11.5 Å². The van der Waals surface area contributed by atoms with E-state index in [0.29, 0.717) is 0 Å². The van der Waals surface area contributed by atoms with Gasteiger partial charge in [0.1, 0.15) is 17.6 Å². The fourth-order valence-corrected chi connectivity index (χ4v) is 2.68. The van der Waals surface area contributed by atoms with Gasteiger partial charge in [0.25, 0.3) is 0 Å². The van der Waals surface area contributed by atoms with Crippen LogP contribution in [0, 0.1) is 0 Å². The summed E-state index contributed by atoms with van der Waals surface area (Å²) < 4.78 is 20.1. The van der Waals surface area contributed by atoms with Crippen molar-refractivity contribution >= 4 is 58.3 Å². The maximum atomic E-state index is 12.7. The Morgan fingerprint density at radius 2 is 1.54 bits per heavy atom. The lowest BCUT2D eigenvalue weighted by Gasteiger charge is -2.13. The van der Waals surface area contributed by atoms with Crippen molar-refractivity contribution in [2.24, 2.45) is 0 Å². The number of carbonyl (C=O) groups excluding carboxylic acids is 2. The summed E-state index contributed by atoms with van der Waals surface area (Å²) in [6, 6.07) is 6.76. The van der Waals surface area contributed by atoms with Gasteiger partial charge >= 0.3 is 11.9 Å². The Balaban J connectivity index is 2.38. The van der Waals surface area contributed by atoms with Crippen molar-refractivity contribution in [3.05, 3.63) is 68.0 Å². The normalized spacial score (nSPS) is 11.0.